The Morgan fingerprint density at radius 2 is 1.76 bits per heavy atom. The monoisotopic (exact) mass is 445 g/mol. The van der Waals surface area contributed by atoms with E-state index in [-0.39, 0.29) is 17.3 Å². The Balaban J connectivity index is 1.65. The first-order valence-electron chi connectivity index (χ1n) is 10.3. The van der Waals surface area contributed by atoms with Gasteiger partial charge in [-0.2, -0.15) is 5.10 Å². The van der Waals surface area contributed by atoms with Crippen molar-refractivity contribution in [3.63, 3.8) is 0 Å². The van der Waals surface area contributed by atoms with Gasteiger partial charge in [-0.25, -0.2) is 19.2 Å². The lowest BCUT2D eigenvalue weighted by atomic mass is 10.0. The Morgan fingerprint density at radius 3 is 2.45 bits per heavy atom. The number of anilines is 3. The standard InChI is InChI=1S/C24H24FN7O/c1-24(2,3)32-14-19(21(31-32)20-11-12-27-22(26)30-20)15-5-4-6-18(13-15)29-23(33)28-17-9-7-16(25)8-10-17/h4-14H,1-3H3,(H2,26,27,30)(H2,28,29,33). The highest BCUT2D eigenvalue weighted by Crippen LogP contribution is 2.33. The zero-order valence-electron chi connectivity index (χ0n) is 18.5. The number of aromatic nitrogens is 4. The molecule has 0 radical (unpaired) electrons. The van der Waals surface area contributed by atoms with Crippen LogP contribution in [0, 0.1) is 5.82 Å². The van der Waals surface area contributed by atoms with Gasteiger partial charge in [0.2, 0.25) is 5.95 Å². The molecule has 2 heterocycles. The molecule has 0 saturated heterocycles. The van der Waals surface area contributed by atoms with Crippen LogP contribution in [0.4, 0.5) is 26.5 Å². The number of benzene rings is 2. The van der Waals surface area contributed by atoms with Gasteiger partial charge in [0, 0.05) is 29.3 Å². The average Bonchev–Trinajstić information content (AvgIpc) is 3.22. The van der Waals surface area contributed by atoms with E-state index in [4.69, 9.17) is 10.8 Å². The minimum atomic E-state index is -0.437. The Hall–Kier alpha value is -4.27. The van der Waals surface area contributed by atoms with Crippen molar-refractivity contribution < 1.29 is 9.18 Å². The second kappa shape index (κ2) is 8.70. The first kappa shape index (κ1) is 21.9. The van der Waals surface area contributed by atoms with Gasteiger partial charge in [0.25, 0.3) is 0 Å². The third kappa shape index (κ3) is 5.15. The van der Waals surface area contributed by atoms with Crippen molar-refractivity contribution in [1.29, 1.82) is 0 Å². The van der Waals surface area contributed by atoms with Crippen LogP contribution in [0.15, 0.2) is 67.0 Å². The van der Waals surface area contributed by atoms with Gasteiger partial charge in [-0.1, -0.05) is 12.1 Å². The molecule has 4 rings (SSSR count). The van der Waals surface area contributed by atoms with Crippen LogP contribution in [-0.4, -0.2) is 25.8 Å². The maximum Gasteiger partial charge on any atom is 0.323 e. The molecular weight excluding hydrogens is 421 g/mol. The summed E-state index contributed by atoms with van der Waals surface area (Å²) in [5.74, 6) is -0.206. The molecule has 2 aromatic heterocycles. The Labute approximate surface area is 190 Å². The lowest BCUT2D eigenvalue weighted by molar-refractivity contribution is 0.262. The maximum absolute atomic E-state index is 13.1. The topological polar surface area (TPSA) is 111 Å². The Morgan fingerprint density at radius 1 is 1.03 bits per heavy atom. The number of nitrogens with zero attached hydrogens (tertiary/aromatic N) is 4. The Kier molecular flexibility index (Phi) is 5.78. The van der Waals surface area contributed by atoms with Crippen molar-refractivity contribution in [2.75, 3.05) is 16.4 Å². The molecule has 8 nitrogen and oxygen atoms in total. The summed E-state index contributed by atoms with van der Waals surface area (Å²) in [4.78, 5) is 20.7. The van der Waals surface area contributed by atoms with Crippen LogP contribution in [0.1, 0.15) is 20.8 Å². The van der Waals surface area contributed by atoms with Crippen LogP contribution in [0.2, 0.25) is 0 Å². The van der Waals surface area contributed by atoms with Crippen LogP contribution < -0.4 is 16.4 Å². The predicted molar refractivity (Wildman–Crippen MR) is 127 cm³/mol. The summed E-state index contributed by atoms with van der Waals surface area (Å²) in [7, 11) is 0. The molecule has 0 bridgehead atoms. The average molecular weight is 446 g/mol. The second-order valence-corrected chi connectivity index (χ2v) is 8.47. The molecule has 0 atom stereocenters. The summed E-state index contributed by atoms with van der Waals surface area (Å²) in [5.41, 5.74) is 9.56. The van der Waals surface area contributed by atoms with Crippen molar-refractivity contribution in [3.8, 4) is 22.5 Å². The molecule has 2 amide bonds. The van der Waals surface area contributed by atoms with E-state index in [1.54, 1.807) is 18.3 Å². The van der Waals surface area contributed by atoms with E-state index in [1.807, 2.05) is 29.1 Å². The van der Waals surface area contributed by atoms with E-state index < -0.39 is 6.03 Å². The van der Waals surface area contributed by atoms with Crippen LogP contribution in [-0.2, 0) is 5.54 Å². The highest BCUT2D eigenvalue weighted by Gasteiger charge is 2.21. The van der Waals surface area contributed by atoms with Crippen LogP contribution in [0.5, 0.6) is 0 Å². The molecule has 0 aliphatic heterocycles. The first-order valence-corrected chi connectivity index (χ1v) is 10.3. The fourth-order valence-electron chi connectivity index (χ4n) is 3.21. The molecule has 4 N–H and O–H groups in total. The normalized spacial score (nSPS) is 11.3. The lowest BCUT2D eigenvalue weighted by Crippen LogP contribution is -2.22. The summed E-state index contributed by atoms with van der Waals surface area (Å²) in [5, 5.41) is 10.2. The Bertz CT molecular complexity index is 1290. The van der Waals surface area contributed by atoms with Crippen molar-refractivity contribution >= 4 is 23.4 Å². The second-order valence-electron chi connectivity index (χ2n) is 8.47. The number of nitrogen functional groups attached to an aromatic ring is 1. The predicted octanol–water partition coefficient (Wildman–Crippen LogP) is 5.13. The molecule has 0 saturated carbocycles. The summed E-state index contributed by atoms with van der Waals surface area (Å²) in [6.45, 7) is 6.17. The molecule has 0 aliphatic rings. The van der Waals surface area contributed by atoms with Gasteiger partial charge in [-0.3, -0.25) is 4.68 Å². The minimum Gasteiger partial charge on any atom is -0.368 e. The lowest BCUT2D eigenvalue weighted by Gasteiger charge is -2.18. The minimum absolute atomic E-state index is 0.164. The van der Waals surface area contributed by atoms with Gasteiger partial charge in [0.05, 0.1) is 11.2 Å². The summed E-state index contributed by atoms with van der Waals surface area (Å²) < 4.78 is 15.0. The fraction of sp³-hybridized carbons (Fsp3) is 0.167. The largest absolute Gasteiger partial charge is 0.368 e. The highest BCUT2D eigenvalue weighted by atomic mass is 19.1. The number of nitrogens with one attached hydrogen (secondary N) is 2. The van der Waals surface area contributed by atoms with Gasteiger partial charge in [-0.05, 0) is 68.8 Å². The molecule has 0 unspecified atom stereocenters. The van der Waals surface area contributed by atoms with Crippen LogP contribution in [0.25, 0.3) is 22.5 Å². The van der Waals surface area contributed by atoms with E-state index in [0.29, 0.717) is 22.8 Å². The number of nitrogens with two attached hydrogens (primary N) is 1. The molecule has 0 aliphatic carbocycles. The van der Waals surface area contributed by atoms with Crippen molar-refractivity contribution in [1.82, 2.24) is 19.7 Å². The van der Waals surface area contributed by atoms with E-state index in [2.05, 4.69) is 41.4 Å². The number of carbonyl (C=O) groups excluding carboxylic acids is 1. The zero-order chi connectivity index (χ0) is 23.6. The zero-order valence-corrected chi connectivity index (χ0v) is 18.5. The van der Waals surface area contributed by atoms with E-state index >= 15 is 0 Å². The first-order chi connectivity index (χ1) is 15.7. The number of hydrogen-bond donors (Lipinski definition) is 3. The SMILES string of the molecule is CC(C)(C)n1cc(-c2cccc(NC(=O)Nc3ccc(F)cc3)c2)c(-c2ccnc(N)n2)n1. The van der Waals surface area contributed by atoms with Gasteiger partial charge in [0.15, 0.2) is 0 Å². The highest BCUT2D eigenvalue weighted by molar-refractivity contribution is 6.00. The smallest absolute Gasteiger partial charge is 0.323 e. The van der Waals surface area contributed by atoms with Gasteiger partial charge < -0.3 is 16.4 Å². The van der Waals surface area contributed by atoms with Crippen LogP contribution >= 0.6 is 0 Å². The molecular formula is C24H24FN7O. The number of halogens is 1. The van der Waals surface area contributed by atoms with E-state index in [0.717, 1.165) is 11.1 Å². The molecule has 9 heteroatoms. The summed E-state index contributed by atoms with van der Waals surface area (Å²) in [6, 6.07) is 14.3. The van der Waals surface area contributed by atoms with Crippen molar-refractivity contribution in [2.24, 2.45) is 0 Å². The number of rotatable bonds is 4. The summed E-state index contributed by atoms with van der Waals surface area (Å²) in [6.07, 6.45) is 3.54. The molecule has 4 aromatic rings. The van der Waals surface area contributed by atoms with Crippen molar-refractivity contribution in [2.45, 2.75) is 26.3 Å². The number of amides is 2. The molecule has 33 heavy (non-hydrogen) atoms. The number of carbonyl (C=O) groups is 1. The van der Waals surface area contributed by atoms with Gasteiger partial charge in [-0.15, -0.1) is 0 Å². The molecule has 0 spiro atoms. The van der Waals surface area contributed by atoms with Gasteiger partial charge in [0.1, 0.15) is 11.5 Å². The van der Waals surface area contributed by atoms with Gasteiger partial charge >= 0.3 is 6.03 Å². The quantitative estimate of drug-likeness (QED) is 0.403. The van der Waals surface area contributed by atoms with E-state index in [1.165, 1.54) is 24.3 Å². The van der Waals surface area contributed by atoms with Crippen LogP contribution in [0.3, 0.4) is 0 Å². The molecule has 2 aromatic carbocycles. The summed E-state index contributed by atoms with van der Waals surface area (Å²) >= 11 is 0. The number of hydrogen-bond acceptors (Lipinski definition) is 5. The third-order valence-electron chi connectivity index (χ3n) is 4.85. The van der Waals surface area contributed by atoms with E-state index in [9.17, 15) is 9.18 Å². The molecule has 0 fully saturated rings. The fourth-order valence-corrected chi connectivity index (χ4v) is 3.21. The maximum atomic E-state index is 13.1. The molecule has 168 valence electrons. The number of urea groups is 1. The van der Waals surface area contributed by atoms with Crippen molar-refractivity contribution in [3.05, 3.63) is 72.8 Å². The third-order valence-corrected chi connectivity index (χ3v) is 4.85.